The number of hydrogen-bond acceptors (Lipinski definition) is 4. The molecule has 0 aliphatic heterocycles. The summed E-state index contributed by atoms with van der Waals surface area (Å²) in [6.45, 7) is 5.43. The van der Waals surface area contributed by atoms with Gasteiger partial charge in [0.25, 0.3) is 0 Å². The Morgan fingerprint density at radius 3 is 2.32 bits per heavy atom. The molecule has 0 aromatic heterocycles. The molecule has 4 nitrogen and oxygen atoms in total. The number of thiocarbonyl (C=S) groups is 1. The maximum absolute atomic E-state index is 5.92. The highest BCUT2D eigenvalue weighted by molar-refractivity contribution is 7.80. The lowest BCUT2D eigenvalue weighted by molar-refractivity contribution is 0.183. The lowest BCUT2D eigenvalue weighted by Crippen LogP contribution is -2.34. The smallest absolute Gasteiger partial charge is 0.123 e. The van der Waals surface area contributed by atoms with Crippen LogP contribution in [0.25, 0.3) is 0 Å². The Bertz CT molecular complexity index is 676. The third kappa shape index (κ3) is 7.11. The number of benzene rings is 2. The highest BCUT2D eigenvalue weighted by Crippen LogP contribution is 2.24. The molecule has 0 heterocycles. The van der Waals surface area contributed by atoms with Gasteiger partial charge in [0.05, 0.1) is 17.6 Å². The summed E-state index contributed by atoms with van der Waals surface area (Å²) in [5.74, 6) is 1.52. The summed E-state index contributed by atoms with van der Waals surface area (Å²) >= 11 is 5.06. The van der Waals surface area contributed by atoms with Crippen LogP contribution < -0.4 is 14.8 Å². The lowest BCUT2D eigenvalue weighted by Gasteiger charge is -2.16. The third-order valence-corrected chi connectivity index (χ3v) is 3.57. The van der Waals surface area contributed by atoms with Crippen LogP contribution in [0.15, 0.2) is 48.5 Å². The molecule has 0 amide bonds. The molecule has 5 heteroatoms. The van der Waals surface area contributed by atoms with Crippen molar-refractivity contribution in [2.24, 2.45) is 0 Å². The second-order valence-electron chi connectivity index (χ2n) is 5.93. The van der Waals surface area contributed by atoms with Gasteiger partial charge in [-0.2, -0.15) is 0 Å². The van der Waals surface area contributed by atoms with Crippen molar-refractivity contribution in [1.82, 2.24) is 5.32 Å². The monoisotopic (exact) mass is 359 g/mol. The van der Waals surface area contributed by atoms with Gasteiger partial charge in [-0.25, -0.2) is 0 Å². The van der Waals surface area contributed by atoms with Crippen LogP contribution in [-0.2, 0) is 18.0 Å². The summed E-state index contributed by atoms with van der Waals surface area (Å²) < 4.78 is 17.0. The van der Waals surface area contributed by atoms with Crippen LogP contribution in [-0.4, -0.2) is 24.7 Å². The van der Waals surface area contributed by atoms with Crippen molar-refractivity contribution in [2.45, 2.75) is 33.1 Å². The van der Waals surface area contributed by atoms with Gasteiger partial charge in [0.1, 0.15) is 24.7 Å². The zero-order valence-electron chi connectivity index (χ0n) is 15.0. The summed E-state index contributed by atoms with van der Waals surface area (Å²) in [7, 11) is 1.67. The van der Waals surface area contributed by atoms with Gasteiger partial charge in [0, 0.05) is 13.2 Å². The van der Waals surface area contributed by atoms with Crippen LogP contribution in [0.2, 0.25) is 0 Å². The molecule has 1 atom stereocenters. The Labute approximate surface area is 155 Å². The second-order valence-corrected chi connectivity index (χ2v) is 6.54. The van der Waals surface area contributed by atoms with Gasteiger partial charge in [-0.3, -0.25) is 0 Å². The second kappa shape index (κ2) is 10.0. The van der Waals surface area contributed by atoms with Gasteiger partial charge < -0.3 is 19.5 Å². The minimum atomic E-state index is 0.136. The van der Waals surface area contributed by atoms with Crippen molar-refractivity contribution in [3.63, 3.8) is 0 Å². The molecular weight excluding hydrogens is 334 g/mol. The molecule has 0 radical (unpaired) electrons. The van der Waals surface area contributed by atoms with Gasteiger partial charge in [0.2, 0.25) is 0 Å². The Balaban J connectivity index is 2.03. The summed E-state index contributed by atoms with van der Waals surface area (Å²) in [6.07, 6.45) is 0. The molecular formula is C20H25NO3S. The van der Waals surface area contributed by atoms with E-state index < -0.39 is 0 Å². The van der Waals surface area contributed by atoms with Crippen LogP contribution >= 0.6 is 12.2 Å². The average Bonchev–Trinajstić information content (AvgIpc) is 2.59. The van der Waals surface area contributed by atoms with Gasteiger partial charge in [-0.1, -0.05) is 42.5 Å². The van der Waals surface area contributed by atoms with E-state index in [2.05, 4.69) is 5.32 Å². The van der Waals surface area contributed by atoms with E-state index in [4.69, 9.17) is 26.4 Å². The Kier molecular flexibility index (Phi) is 7.70. The van der Waals surface area contributed by atoms with E-state index in [0.717, 1.165) is 27.6 Å². The molecule has 1 unspecified atom stereocenters. The molecule has 2 aromatic rings. The van der Waals surface area contributed by atoms with E-state index in [0.29, 0.717) is 19.8 Å². The fourth-order valence-electron chi connectivity index (χ4n) is 2.40. The number of rotatable bonds is 9. The minimum Gasteiger partial charge on any atom is -0.491 e. The first kappa shape index (κ1) is 19.2. The molecule has 0 aliphatic rings. The maximum atomic E-state index is 5.92. The topological polar surface area (TPSA) is 39.7 Å². The third-order valence-electron chi connectivity index (χ3n) is 3.45. The molecule has 0 spiro atoms. The highest BCUT2D eigenvalue weighted by atomic mass is 32.1. The zero-order valence-corrected chi connectivity index (χ0v) is 15.8. The van der Waals surface area contributed by atoms with Crippen LogP contribution in [0, 0.1) is 0 Å². The minimum absolute atomic E-state index is 0.136. The Morgan fingerprint density at radius 2 is 1.68 bits per heavy atom. The van der Waals surface area contributed by atoms with Crippen molar-refractivity contribution in [2.75, 3.05) is 13.7 Å². The van der Waals surface area contributed by atoms with Crippen molar-refractivity contribution in [1.29, 1.82) is 0 Å². The van der Waals surface area contributed by atoms with E-state index in [1.165, 1.54) is 0 Å². The summed E-state index contributed by atoms with van der Waals surface area (Å²) in [6, 6.07) is 16.1. The molecule has 2 aromatic carbocycles. The maximum Gasteiger partial charge on any atom is 0.123 e. The fraction of sp³-hybridized carbons (Fsp3) is 0.350. The summed E-state index contributed by atoms with van der Waals surface area (Å²) in [4.78, 5) is 0.760. The normalized spacial score (nSPS) is 11.6. The Morgan fingerprint density at radius 1 is 1.00 bits per heavy atom. The molecule has 0 aliphatic carbocycles. The highest BCUT2D eigenvalue weighted by Gasteiger charge is 2.07. The summed E-state index contributed by atoms with van der Waals surface area (Å²) in [5.41, 5.74) is 2.13. The molecule has 0 saturated heterocycles. The molecule has 0 fully saturated rings. The molecule has 0 bridgehead atoms. The Hall–Kier alpha value is -2.11. The molecule has 1 N–H and O–H groups in total. The lowest BCUT2D eigenvalue weighted by atomic mass is 10.2. The number of hydrogen-bond donors (Lipinski definition) is 1. The van der Waals surface area contributed by atoms with Crippen LogP contribution in [0.5, 0.6) is 11.5 Å². The quantitative estimate of drug-likeness (QED) is 0.682. The van der Waals surface area contributed by atoms with Gasteiger partial charge in [-0.05, 0) is 37.1 Å². The fourth-order valence-corrected chi connectivity index (χ4v) is 2.60. The van der Waals surface area contributed by atoms with Gasteiger partial charge in [0.15, 0.2) is 0 Å². The van der Waals surface area contributed by atoms with Crippen LogP contribution in [0.3, 0.4) is 0 Å². The van der Waals surface area contributed by atoms with Crippen molar-refractivity contribution in [3.8, 4) is 11.5 Å². The molecule has 2 rings (SSSR count). The average molecular weight is 359 g/mol. The predicted molar refractivity (Wildman–Crippen MR) is 104 cm³/mol. The van der Waals surface area contributed by atoms with E-state index >= 15 is 0 Å². The SMILES string of the molecule is COCc1cc(OCc2ccccc2)cc(OCC(C)NC(C)=S)c1. The van der Waals surface area contributed by atoms with Gasteiger partial charge >= 0.3 is 0 Å². The van der Waals surface area contributed by atoms with Crippen LogP contribution in [0.4, 0.5) is 0 Å². The first-order valence-corrected chi connectivity index (χ1v) is 8.67. The number of ether oxygens (including phenoxy) is 3. The van der Waals surface area contributed by atoms with Crippen molar-refractivity contribution in [3.05, 3.63) is 59.7 Å². The van der Waals surface area contributed by atoms with Crippen molar-refractivity contribution >= 4 is 17.2 Å². The number of nitrogens with one attached hydrogen (secondary N) is 1. The van der Waals surface area contributed by atoms with Gasteiger partial charge in [-0.15, -0.1) is 0 Å². The predicted octanol–water partition coefficient (Wildman–Crippen LogP) is 4.12. The first-order chi connectivity index (χ1) is 12.1. The van der Waals surface area contributed by atoms with E-state index in [1.807, 2.05) is 62.4 Å². The van der Waals surface area contributed by atoms with E-state index in [1.54, 1.807) is 7.11 Å². The zero-order chi connectivity index (χ0) is 18.1. The largest absolute Gasteiger partial charge is 0.491 e. The molecule has 0 saturated carbocycles. The van der Waals surface area contributed by atoms with E-state index in [-0.39, 0.29) is 6.04 Å². The summed E-state index contributed by atoms with van der Waals surface area (Å²) in [5, 5.41) is 3.16. The molecule has 25 heavy (non-hydrogen) atoms. The molecule has 134 valence electrons. The number of methoxy groups -OCH3 is 1. The van der Waals surface area contributed by atoms with Crippen molar-refractivity contribution < 1.29 is 14.2 Å². The van der Waals surface area contributed by atoms with Crippen LogP contribution in [0.1, 0.15) is 25.0 Å². The first-order valence-electron chi connectivity index (χ1n) is 8.26. The standard InChI is InChI=1S/C20H25NO3S/c1-15(21-16(2)25)12-23-19-9-18(13-22-3)10-20(11-19)24-14-17-7-5-4-6-8-17/h4-11,15H,12-14H2,1-3H3,(H,21,25). The van der Waals surface area contributed by atoms with E-state index in [9.17, 15) is 0 Å².